The molecule has 3 aliphatic rings. The first kappa shape index (κ1) is 15.7. The van der Waals surface area contributed by atoms with Gasteiger partial charge in [-0.15, -0.1) is 11.8 Å². The van der Waals surface area contributed by atoms with E-state index < -0.39 is 0 Å². The fourth-order valence-electron chi connectivity index (χ4n) is 3.82. The molecule has 3 fully saturated rings. The van der Waals surface area contributed by atoms with Crippen molar-refractivity contribution in [2.75, 3.05) is 36.8 Å². The van der Waals surface area contributed by atoms with E-state index in [9.17, 15) is 9.59 Å². The molecule has 8 heteroatoms. The topological polar surface area (TPSA) is 69.6 Å². The van der Waals surface area contributed by atoms with Crippen molar-refractivity contribution >= 4 is 29.4 Å². The molecule has 2 atom stereocenters. The van der Waals surface area contributed by atoms with Crippen molar-refractivity contribution in [1.29, 1.82) is 0 Å². The maximum atomic E-state index is 12.9. The SMILES string of the molecule is C[C@]12CCC(=O)N1[C@H](C(=O)N1CCN(c3cnccn3)CC1)CS2. The predicted molar refractivity (Wildman–Crippen MR) is 91.6 cm³/mol. The first-order valence-corrected chi connectivity index (χ1v) is 9.33. The van der Waals surface area contributed by atoms with E-state index in [0.717, 1.165) is 25.3 Å². The van der Waals surface area contributed by atoms with Crippen LogP contribution < -0.4 is 4.90 Å². The second-order valence-corrected chi connectivity index (χ2v) is 8.14. The number of amides is 2. The largest absolute Gasteiger partial charge is 0.352 e. The number of thioether (sulfide) groups is 1. The fourth-order valence-corrected chi connectivity index (χ4v) is 5.25. The summed E-state index contributed by atoms with van der Waals surface area (Å²) in [6.45, 7) is 4.90. The number of aromatic nitrogens is 2. The molecule has 0 aromatic carbocycles. The summed E-state index contributed by atoms with van der Waals surface area (Å²) in [6, 6.07) is -0.293. The highest BCUT2D eigenvalue weighted by atomic mass is 32.2. The molecule has 4 rings (SSSR count). The molecule has 1 aromatic heterocycles. The van der Waals surface area contributed by atoms with E-state index in [2.05, 4.69) is 21.8 Å². The van der Waals surface area contributed by atoms with Gasteiger partial charge in [0.1, 0.15) is 11.9 Å². The zero-order valence-corrected chi connectivity index (χ0v) is 14.5. The average Bonchev–Trinajstić information content (AvgIpc) is 3.11. The Labute approximate surface area is 145 Å². The molecule has 128 valence electrons. The highest BCUT2D eigenvalue weighted by Crippen LogP contribution is 2.47. The molecular weight excluding hydrogens is 326 g/mol. The highest BCUT2D eigenvalue weighted by Gasteiger charge is 2.53. The predicted octanol–water partition coefficient (Wildman–Crippen LogP) is 0.579. The van der Waals surface area contributed by atoms with Gasteiger partial charge in [0.2, 0.25) is 11.8 Å². The Kier molecular flexibility index (Phi) is 3.86. The molecule has 7 nitrogen and oxygen atoms in total. The minimum Gasteiger partial charge on any atom is -0.352 e. The number of nitrogens with zero attached hydrogens (tertiary/aromatic N) is 5. The molecule has 3 aliphatic heterocycles. The van der Waals surface area contributed by atoms with Gasteiger partial charge in [0.15, 0.2) is 0 Å². The lowest BCUT2D eigenvalue weighted by Gasteiger charge is -2.38. The van der Waals surface area contributed by atoms with Gasteiger partial charge in [0, 0.05) is 50.7 Å². The van der Waals surface area contributed by atoms with Crippen molar-refractivity contribution < 1.29 is 9.59 Å². The van der Waals surface area contributed by atoms with Gasteiger partial charge >= 0.3 is 0 Å². The van der Waals surface area contributed by atoms with E-state index in [-0.39, 0.29) is 22.7 Å². The standard InChI is InChI=1S/C16H21N5O2S/c1-16-3-2-14(22)21(16)12(11-24-16)15(23)20-8-6-19(7-9-20)13-10-17-4-5-18-13/h4-5,10,12H,2-3,6-9,11H2,1H3/t12-,16-/m0/s1. The van der Waals surface area contributed by atoms with Gasteiger partial charge in [-0.3, -0.25) is 14.6 Å². The lowest BCUT2D eigenvalue weighted by Crippen LogP contribution is -2.56. The third-order valence-electron chi connectivity index (χ3n) is 5.19. The van der Waals surface area contributed by atoms with Gasteiger partial charge in [-0.05, 0) is 13.3 Å². The van der Waals surface area contributed by atoms with Gasteiger partial charge in [-0.25, -0.2) is 4.98 Å². The van der Waals surface area contributed by atoms with Crippen molar-refractivity contribution in [3.63, 3.8) is 0 Å². The third-order valence-corrected chi connectivity index (χ3v) is 6.70. The first-order valence-electron chi connectivity index (χ1n) is 8.34. The number of carbonyl (C=O) groups excluding carboxylic acids is 2. The van der Waals surface area contributed by atoms with E-state index in [0.29, 0.717) is 25.3 Å². The van der Waals surface area contributed by atoms with Crippen LogP contribution in [0.4, 0.5) is 5.82 Å². The van der Waals surface area contributed by atoms with Crippen LogP contribution in [0.2, 0.25) is 0 Å². The van der Waals surface area contributed by atoms with Gasteiger partial charge in [0.25, 0.3) is 0 Å². The Morgan fingerprint density at radius 1 is 1.29 bits per heavy atom. The smallest absolute Gasteiger partial charge is 0.246 e. The summed E-state index contributed by atoms with van der Waals surface area (Å²) in [5.41, 5.74) is 0. The van der Waals surface area contributed by atoms with E-state index in [1.54, 1.807) is 30.4 Å². The Morgan fingerprint density at radius 3 is 2.79 bits per heavy atom. The fraction of sp³-hybridized carbons (Fsp3) is 0.625. The molecular formula is C16H21N5O2S. The maximum absolute atomic E-state index is 12.9. The van der Waals surface area contributed by atoms with E-state index >= 15 is 0 Å². The van der Waals surface area contributed by atoms with E-state index in [1.165, 1.54) is 0 Å². The molecule has 24 heavy (non-hydrogen) atoms. The number of carbonyl (C=O) groups is 2. The second-order valence-electron chi connectivity index (χ2n) is 6.64. The normalized spacial score (nSPS) is 30.0. The molecule has 0 unspecified atom stereocenters. The Bertz CT molecular complexity index is 649. The highest BCUT2D eigenvalue weighted by molar-refractivity contribution is 8.01. The summed E-state index contributed by atoms with van der Waals surface area (Å²) in [4.78, 5) is 39.3. The van der Waals surface area contributed by atoms with Crippen LogP contribution in [0.3, 0.4) is 0 Å². The molecule has 4 heterocycles. The van der Waals surface area contributed by atoms with E-state index in [4.69, 9.17) is 0 Å². The van der Waals surface area contributed by atoms with Crippen LogP contribution in [0.1, 0.15) is 19.8 Å². The van der Waals surface area contributed by atoms with Crippen LogP contribution in [-0.2, 0) is 9.59 Å². The Hall–Kier alpha value is -1.83. The summed E-state index contributed by atoms with van der Waals surface area (Å²) < 4.78 is 0. The van der Waals surface area contributed by atoms with E-state index in [1.807, 2.05) is 9.80 Å². The first-order chi connectivity index (χ1) is 11.6. The minimum absolute atomic E-state index is 0.0975. The van der Waals surface area contributed by atoms with Gasteiger partial charge in [-0.2, -0.15) is 0 Å². The monoisotopic (exact) mass is 347 g/mol. The Balaban J connectivity index is 1.41. The molecule has 3 saturated heterocycles. The van der Waals surface area contributed by atoms with Crippen LogP contribution in [0.25, 0.3) is 0 Å². The molecule has 2 amide bonds. The second kappa shape index (κ2) is 5.91. The molecule has 0 saturated carbocycles. The van der Waals surface area contributed by atoms with Crippen LogP contribution >= 0.6 is 11.8 Å². The van der Waals surface area contributed by atoms with Crippen LogP contribution in [-0.4, -0.2) is 74.4 Å². The number of anilines is 1. The Morgan fingerprint density at radius 2 is 2.08 bits per heavy atom. The van der Waals surface area contributed by atoms with Crippen molar-refractivity contribution in [3.05, 3.63) is 18.6 Å². The molecule has 0 N–H and O–H groups in total. The quantitative estimate of drug-likeness (QED) is 0.779. The molecule has 0 radical (unpaired) electrons. The number of piperazine rings is 1. The maximum Gasteiger partial charge on any atom is 0.246 e. The molecule has 1 aromatic rings. The summed E-state index contributed by atoms with van der Waals surface area (Å²) in [5, 5.41) is 0. The van der Waals surface area contributed by atoms with Crippen molar-refractivity contribution in [1.82, 2.24) is 19.8 Å². The summed E-state index contributed by atoms with van der Waals surface area (Å²) >= 11 is 1.75. The molecule has 0 aliphatic carbocycles. The van der Waals surface area contributed by atoms with Gasteiger partial charge in [0.05, 0.1) is 11.1 Å². The zero-order valence-electron chi connectivity index (χ0n) is 13.7. The van der Waals surface area contributed by atoms with Gasteiger partial charge in [-0.1, -0.05) is 0 Å². The van der Waals surface area contributed by atoms with Crippen molar-refractivity contribution in [2.24, 2.45) is 0 Å². The number of fused-ring (bicyclic) bond motifs is 1. The average molecular weight is 347 g/mol. The molecule has 0 spiro atoms. The summed E-state index contributed by atoms with van der Waals surface area (Å²) in [5.74, 6) is 1.79. The summed E-state index contributed by atoms with van der Waals surface area (Å²) in [7, 11) is 0. The zero-order chi connectivity index (χ0) is 16.7. The lowest BCUT2D eigenvalue weighted by atomic mass is 10.2. The summed E-state index contributed by atoms with van der Waals surface area (Å²) in [6.07, 6.45) is 6.50. The van der Waals surface area contributed by atoms with Crippen LogP contribution in [0, 0.1) is 0 Å². The lowest BCUT2D eigenvalue weighted by molar-refractivity contribution is -0.143. The number of hydrogen-bond acceptors (Lipinski definition) is 6. The third kappa shape index (κ3) is 2.53. The number of hydrogen-bond donors (Lipinski definition) is 0. The van der Waals surface area contributed by atoms with Crippen LogP contribution in [0.15, 0.2) is 18.6 Å². The molecule has 0 bridgehead atoms. The number of rotatable bonds is 2. The minimum atomic E-state index is -0.293. The van der Waals surface area contributed by atoms with Crippen LogP contribution in [0.5, 0.6) is 0 Å². The van der Waals surface area contributed by atoms with Gasteiger partial charge < -0.3 is 14.7 Å². The van der Waals surface area contributed by atoms with Crippen molar-refractivity contribution in [2.45, 2.75) is 30.7 Å². The van der Waals surface area contributed by atoms with Crippen molar-refractivity contribution in [3.8, 4) is 0 Å².